The van der Waals surface area contributed by atoms with Gasteiger partial charge in [-0.15, -0.1) is 0 Å². The average molecular weight is 431 g/mol. The van der Waals surface area contributed by atoms with Gasteiger partial charge in [0.25, 0.3) is 0 Å². The molecule has 146 valence electrons. The summed E-state index contributed by atoms with van der Waals surface area (Å²) in [6.07, 6.45) is 0. The molecule has 0 saturated heterocycles. The van der Waals surface area contributed by atoms with Crippen molar-refractivity contribution in [3.63, 3.8) is 0 Å². The molecule has 0 radical (unpaired) electrons. The second-order valence-corrected chi connectivity index (χ2v) is 8.48. The van der Waals surface area contributed by atoms with Crippen molar-refractivity contribution in [2.24, 2.45) is 0 Å². The summed E-state index contributed by atoms with van der Waals surface area (Å²) in [7, 11) is -2.56. The largest absolute Gasteiger partial charge is 0.495 e. The molecule has 2 N–H and O–H groups in total. The normalized spacial score (nSPS) is 12.5. The monoisotopic (exact) mass is 430 g/mol. The molecule has 2 rings (SSSR count). The zero-order valence-electron chi connectivity index (χ0n) is 15.0. The van der Waals surface area contributed by atoms with Crippen LogP contribution in [0.1, 0.15) is 18.1 Å². The van der Waals surface area contributed by atoms with E-state index in [9.17, 15) is 13.2 Å². The first-order valence-electron chi connectivity index (χ1n) is 8.02. The van der Waals surface area contributed by atoms with Gasteiger partial charge < -0.3 is 10.1 Å². The Morgan fingerprint density at radius 1 is 1.19 bits per heavy atom. The van der Waals surface area contributed by atoms with Gasteiger partial charge in [-0.25, -0.2) is 8.42 Å². The van der Waals surface area contributed by atoms with Crippen LogP contribution in [0.5, 0.6) is 5.75 Å². The third-order valence-corrected chi connectivity index (χ3v) is 5.95. The summed E-state index contributed by atoms with van der Waals surface area (Å²) in [5.41, 5.74) is 1.43. The van der Waals surface area contributed by atoms with Gasteiger partial charge in [0.2, 0.25) is 15.9 Å². The number of methoxy groups -OCH3 is 1. The van der Waals surface area contributed by atoms with Crippen LogP contribution in [0, 0.1) is 6.92 Å². The van der Waals surface area contributed by atoms with Crippen LogP contribution in [0.25, 0.3) is 0 Å². The zero-order chi connectivity index (χ0) is 20.2. The van der Waals surface area contributed by atoms with E-state index < -0.39 is 22.0 Å². The van der Waals surface area contributed by atoms with E-state index in [-0.39, 0.29) is 17.2 Å². The number of nitrogens with one attached hydrogen (secondary N) is 2. The van der Waals surface area contributed by atoms with E-state index >= 15 is 0 Å². The van der Waals surface area contributed by atoms with Crippen LogP contribution in [0.2, 0.25) is 10.0 Å². The Kier molecular flexibility index (Phi) is 7.11. The molecule has 0 saturated carbocycles. The third-order valence-electron chi connectivity index (χ3n) is 3.80. The number of ether oxygens (including phenoxy) is 1. The topological polar surface area (TPSA) is 84.5 Å². The highest BCUT2D eigenvalue weighted by atomic mass is 35.5. The number of carbonyl (C=O) groups is 1. The molecular formula is C18H20Cl2N2O4S. The fourth-order valence-electron chi connectivity index (χ4n) is 2.34. The van der Waals surface area contributed by atoms with Crippen LogP contribution >= 0.6 is 23.2 Å². The van der Waals surface area contributed by atoms with Gasteiger partial charge in [-0.1, -0.05) is 35.3 Å². The van der Waals surface area contributed by atoms with Crippen molar-refractivity contribution in [3.8, 4) is 5.75 Å². The summed E-state index contributed by atoms with van der Waals surface area (Å²) in [5, 5.41) is 3.55. The number of amides is 1. The van der Waals surface area contributed by atoms with E-state index in [1.807, 2.05) is 0 Å². The first-order chi connectivity index (χ1) is 12.6. The number of benzene rings is 2. The standard InChI is InChI=1S/C18H20Cl2N2O4S/c1-11-4-7-16(26-3)17(8-11)27(24,25)22-12(2)18(23)21-10-13-5-6-14(19)9-15(13)20/h4-9,12,22H,10H2,1-3H3,(H,21,23)/t12-/m1/s1. The number of hydrogen-bond acceptors (Lipinski definition) is 4. The van der Waals surface area contributed by atoms with Crippen LogP contribution in [0.15, 0.2) is 41.3 Å². The molecule has 2 aromatic rings. The lowest BCUT2D eigenvalue weighted by Gasteiger charge is -2.16. The molecular weight excluding hydrogens is 411 g/mol. The van der Waals surface area contributed by atoms with Crippen molar-refractivity contribution in [2.45, 2.75) is 31.3 Å². The second-order valence-electron chi connectivity index (χ2n) is 5.95. The number of halogens is 2. The highest BCUT2D eigenvalue weighted by Gasteiger charge is 2.25. The van der Waals surface area contributed by atoms with Crippen LogP contribution in [-0.4, -0.2) is 27.5 Å². The van der Waals surface area contributed by atoms with Crippen molar-refractivity contribution >= 4 is 39.1 Å². The lowest BCUT2D eigenvalue weighted by Crippen LogP contribution is -2.44. The van der Waals surface area contributed by atoms with Gasteiger partial charge in [-0.2, -0.15) is 4.72 Å². The molecule has 0 heterocycles. The van der Waals surface area contributed by atoms with Gasteiger partial charge in [-0.3, -0.25) is 4.79 Å². The Hall–Kier alpha value is -1.80. The fourth-order valence-corrected chi connectivity index (χ4v) is 4.28. The minimum atomic E-state index is -3.95. The number of carbonyl (C=O) groups excluding carboxylic acids is 1. The second kappa shape index (κ2) is 8.93. The smallest absolute Gasteiger partial charge is 0.244 e. The summed E-state index contributed by atoms with van der Waals surface area (Å²) in [6, 6.07) is 8.72. The molecule has 0 bridgehead atoms. The molecule has 0 aliphatic heterocycles. The molecule has 0 aliphatic rings. The van der Waals surface area contributed by atoms with Gasteiger partial charge in [0.15, 0.2) is 0 Å². The molecule has 1 amide bonds. The molecule has 27 heavy (non-hydrogen) atoms. The quantitative estimate of drug-likeness (QED) is 0.705. The van der Waals surface area contributed by atoms with E-state index in [1.54, 1.807) is 37.3 Å². The fraction of sp³-hybridized carbons (Fsp3) is 0.278. The van der Waals surface area contributed by atoms with E-state index in [1.165, 1.54) is 20.1 Å². The number of rotatable bonds is 7. The predicted octanol–water partition coefficient (Wildman–Crippen LogP) is 3.29. The number of sulfonamides is 1. The maximum Gasteiger partial charge on any atom is 0.244 e. The highest BCUT2D eigenvalue weighted by Crippen LogP contribution is 2.25. The summed E-state index contributed by atoms with van der Waals surface area (Å²) in [6.45, 7) is 3.37. The average Bonchev–Trinajstić information content (AvgIpc) is 2.60. The Bertz CT molecular complexity index is 948. The van der Waals surface area contributed by atoms with Crippen LogP contribution in [0.3, 0.4) is 0 Å². The lowest BCUT2D eigenvalue weighted by atomic mass is 10.2. The Balaban J connectivity index is 2.08. The molecule has 0 aliphatic carbocycles. The van der Waals surface area contributed by atoms with Crippen molar-refractivity contribution in [1.82, 2.24) is 10.0 Å². The van der Waals surface area contributed by atoms with Gasteiger partial charge in [0.05, 0.1) is 13.2 Å². The molecule has 0 spiro atoms. The Labute approximate surface area is 168 Å². The molecule has 0 aromatic heterocycles. The highest BCUT2D eigenvalue weighted by molar-refractivity contribution is 7.89. The molecule has 2 aromatic carbocycles. The van der Waals surface area contributed by atoms with Crippen molar-refractivity contribution < 1.29 is 17.9 Å². The van der Waals surface area contributed by atoms with Crippen LogP contribution < -0.4 is 14.8 Å². The van der Waals surface area contributed by atoms with E-state index in [4.69, 9.17) is 27.9 Å². The lowest BCUT2D eigenvalue weighted by molar-refractivity contribution is -0.122. The summed E-state index contributed by atoms with van der Waals surface area (Å²) >= 11 is 11.9. The van der Waals surface area contributed by atoms with Crippen LogP contribution in [-0.2, 0) is 21.4 Å². The molecule has 1 atom stereocenters. The number of aryl methyl sites for hydroxylation is 1. The van der Waals surface area contributed by atoms with E-state index in [2.05, 4.69) is 10.0 Å². The first-order valence-corrected chi connectivity index (χ1v) is 10.3. The zero-order valence-corrected chi connectivity index (χ0v) is 17.4. The van der Waals surface area contributed by atoms with Gasteiger partial charge >= 0.3 is 0 Å². The Morgan fingerprint density at radius 2 is 1.89 bits per heavy atom. The van der Waals surface area contributed by atoms with Crippen LogP contribution in [0.4, 0.5) is 0 Å². The molecule has 0 fully saturated rings. The minimum absolute atomic E-state index is 0.0228. The molecule has 9 heteroatoms. The summed E-state index contributed by atoms with van der Waals surface area (Å²) in [5.74, 6) is -0.287. The minimum Gasteiger partial charge on any atom is -0.495 e. The summed E-state index contributed by atoms with van der Waals surface area (Å²) < 4.78 is 32.7. The summed E-state index contributed by atoms with van der Waals surface area (Å²) in [4.78, 5) is 12.3. The number of hydrogen-bond donors (Lipinski definition) is 2. The molecule has 0 unspecified atom stereocenters. The first kappa shape index (κ1) is 21.5. The predicted molar refractivity (Wildman–Crippen MR) is 106 cm³/mol. The van der Waals surface area contributed by atoms with E-state index in [0.29, 0.717) is 15.6 Å². The van der Waals surface area contributed by atoms with Gasteiger partial charge in [0.1, 0.15) is 10.6 Å². The maximum atomic E-state index is 12.6. The van der Waals surface area contributed by atoms with Gasteiger partial charge in [0, 0.05) is 16.6 Å². The maximum absolute atomic E-state index is 12.6. The van der Waals surface area contributed by atoms with Gasteiger partial charge in [-0.05, 0) is 49.2 Å². The Morgan fingerprint density at radius 3 is 2.52 bits per heavy atom. The van der Waals surface area contributed by atoms with Crippen molar-refractivity contribution in [3.05, 3.63) is 57.6 Å². The SMILES string of the molecule is COc1ccc(C)cc1S(=O)(=O)N[C@H](C)C(=O)NCc1ccc(Cl)cc1Cl. The van der Waals surface area contributed by atoms with Crippen molar-refractivity contribution in [2.75, 3.05) is 7.11 Å². The van der Waals surface area contributed by atoms with Crippen molar-refractivity contribution in [1.29, 1.82) is 0 Å². The third kappa shape index (κ3) is 5.59. The molecule has 6 nitrogen and oxygen atoms in total. The van der Waals surface area contributed by atoms with E-state index in [0.717, 1.165) is 5.56 Å².